The smallest absolute Gasteiger partial charge is 0.222 e. The van der Waals surface area contributed by atoms with Gasteiger partial charge in [0.1, 0.15) is 11.9 Å². The quantitative estimate of drug-likeness (QED) is 0.674. The molecule has 0 bridgehead atoms. The largest absolute Gasteiger partial charge is 0.485 e. The molecule has 138 valence electrons. The van der Waals surface area contributed by atoms with E-state index in [-0.39, 0.29) is 12.0 Å². The standard InChI is InChI=1S/C20H26N4O2/c1-4-6-12-20(21-22-20)13-11-19(25)23(3)14-16-15-24(5-2)17-9-7-8-10-18(17)26-16/h1,7-10,16H,5-6,11-15H2,2-3H3/t16-/m0/s1. The average Bonchev–Trinajstić information content (AvgIpc) is 3.44. The van der Waals surface area contributed by atoms with Crippen molar-refractivity contribution in [1.29, 1.82) is 0 Å². The minimum atomic E-state index is -0.401. The van der Waals surface area contributed by atoms with E-state index in [1.807, 2.05) is 25.2 Å². The fraction of sp³-hybridized carbons (Fsp3) is 0.550. The van der Waals surface area contributed by atoms with Crippen LogP contribution in [0, 0.1) is 12.3 Å². The van der Waals surface area contributed by atoms with E-state index in [0.29, 0.717) is 25.8 Å². The Morgan fingerprint density at radius 2 is 2.19 bits per heavy atom. The Bertz CT molecular complexity index is 719. The molecule has 2 heterocycles. The highest BCUT2D eigenvalue weighted by molar-refractivity contribution is 5.76. The van der Waals surface area contributed by atoms with Crippen LogP contribution in [0.3, 0.4) is 0 Å². The van der Waals surface area contributed by atoms with Gasteiger partial charge < -0.3 is 14.5 Å². The van der Waals surface area contributed by atoms with Gasteiger partial charge in [-0.2, -0.15) is 10.2 Å². The van der Waals surface area contributed by atoms with E-state index in [1.54, 1.807) is 4.90 Å². The topological polar surface area (TPSA) is 57.5 Å². The number of hydrogen-bond donors (Lipinski definition) is 0. The second-order valence-corrected chi connectivity index (χ2v) is 6.91. The highest BCUT2D eigenvalue weighted by Gasteiger charge is 2.39. The highest BCUT2D eigenvalue weighted by atomic mass is 16.5. The van der Waals surface area contributed by atoms with Gasteiger partial charge in [-0.05, 0) is 19.1 Å². The van der Waals surface area contributed by atoms with E-state index >= 15 is 0 Å². The van der Waals surface area contributed by atoms with E-state index in [0.717, 1.165) is 30.9 Å². The van der Waals surface area contributed by atoms with Crippen LogP contribution in [-0.2, 0) is 4.79 Å². The maximum absolute atomic E-state index is 12.5. The van der Waals surface area contributed by atoms with Crippen LogP contribution in [0.5, 0.6) is 5.75 Å². The van der Waals surface area contributed by atoms with Crippen LogP contribution in [-0.4, -0.2) is 49.3 Å². The zero-order valence-electron chi connectivity index (χ0n) is 15.5. The number of likely N-dealkylation sites (N-methyl/N-ethyl adjacent to an activating group) is 2. The van der Waals surface area contributed by atoms with Gasteiger partial charge in [0, 0.05) is 39.3 Å². The zero-order valence-corrected chi connectivity index (χ0v) is 15.5. The van der Waals surface area contributed by atoms with Crippen molar-refractivity contribution in [1.82, 2.24) is 4.90 Å². The molecule has 0 unspecified atom stereocenters. The number of amides is 1. The van der Waals surface area contributed by atoms with Crippen molar-refractivity contribution in [3.8, 4) is 18.1 Å². The van der Waals surface area contributed by atoms with Gasteiger partial charge in [-0.3, -0.25) is 4.79 Å². The molecule has 0 N–H and O–H groups in total. The molecule has 6 heteroatoms. The molecule has 0 aliphatic carbocycles. The van der Waals surface area contributed by atoms with Crippen molar-refractivity contribution in [2.45, 2.75) is 44.4 Å². The molecule has 1 atom stereocenters. The van der Waals surface area contributed by atoms with Crippen molar-refractivity contribution in [3.63, 3.8) is 0 Å². The number of benzene rings is 1. The van der Waals surface area contributed by atoms with Gasteiger partial charge in [0.2, 0.25) is 5.91 Å². The number of para-hydroxylation sites is 2. The van der Waals surface area contributed by atoms with E-state index in [1.165, 1.54) is 0 Å². The highest BCUT2D eigenvalue weighted by Crippen LogP contribution is 2.38. The third-order valence-electron chi connectivity index (χ3n) is 5.00. The molecule has 0 radical (unpaired) electrons. The molecule has 2 aliphatic rings. The van der Waals surface area contributed by atoms with E-state index in [9.17, 15) is 4.79 Å². The lowest BCUT2D eigenvalue weighted by Crippen LogP contribution is -2.46. The number of rotatable bonds is 8. The molecule has 0 saturated carbocycles. The molecule has 0 fully saturated rings. The Morgan fingerprint density at radius 1 is 1.42 bits per heavy atom. The second kappa shape index (κ2) is 7.77. The van der Waals surface area contributed by atoms with Crippen molar-refractivity contribution in [2.75, 3.05) is 31.6 Å². The summed E-state index contributed by atoms with van der Waals surface area (Å²) in [5.74, 6) is 3.58. The molecule has 1 aromatic rings. The summed E-state index contributed by atoms with van der Waals surface area (Å²) in [5.41, 5.74) is 0.718. The first-order valence-electron chi connectivity index (χ1n) is 9.19. The zero-order chi connectivity index (χ0) is 18.6. The summed E-state index contributed by atoms with van der Waals surface area (Å²) in [6.45, 7) is 4.39. The maximum Gasteiger partial charge on any atom is 0.222 e. The summed E-state index contributed by atoms with van der Waals surface area (Å²) in [5, 5.41) is 8.18. The molecule has 3 rings (SSSR count). The van der Waals surface area contributed by atoms with Crippen molar-refractivity contribution >= 4 is 11.6 Å². The van der Waals surface area contributed by atoms with E-state index in [4.69, 9.17) is 11.2 Å². The summed E-state index contributed by atoms with van der Waals surface area (Å²) < 4.78 is 6.10. The monoisotopic (exact) mass is 354 g/mol. The fourth-order valence-electron chi connectivity index (χ4n) is 3.35. The molecule has 26 heavy (non-hydrogen) atoms. The number of ether oxygens (including phenoxy) is 1. The summed E-state index contributed by atoms with van der Waals surface area (Å²) in [6.07, 6.45) is 7.69. The SMILES string of the molecule is C#CCCC1(CCC(=O)N(C)C[C@H]2CN(CC)c3ccccc3O2)N=N1. The summed E-state index contributed by atoms with van der Waals surface area (Å²) in [7, 11) is 1.83. The third-order valence-corrected chi connectivity index (χ3v) is 5.00. The Balaban J connectivity index is 1.51. The molecular weight excluding hydrogens is 328 g/mol. The van der Waals surface area contributed by atoms with Crippen LogP contribution in [0.2, 0.25) is 0 Å². The van der Waals surface area contributed by atoms with Crippen LogP contribution in [0.4, 0.5) is 5.69 Å². The Hall–Kier alpha value is -2.55. The van der Waals surface area contributed by atoms with Crippen molar-refractivity contribution in [2.24, 2.45) is 10.2 Å². The normalized spacial score (nSPS) is 19.3. The average molecular weight is 354 g/mol. The minimum Gasteiger partial charge on any atom is -0.485 e. The minimum absolute atomic E-state index is 0.0375. The third kappa shape index (κ3) is 4.16. The molecule has 0 saturated heterocycles. The van der Waals surface area contributed by atoms with Gasteiger partial charge in [-0.15, -0.1) is 12.3 Å². The number of anilines is 1. The fourth-order valence-corrected chi connectivity index (χ4v) is 3.35. The van der Waals surface area contributed by atoms with Crippen LogP contribution < -0.4 is 9.64 Å². The van der Waals surface area contributed by atoms with E-state index < -0.39 is 5.66 Å². The number of nitrogens with zero attached hydrogens (tertiary/aromatic N) is 4. The molecule has 1 aromatic carbocycles. The van der Waals surface area contributed by atoms with Gasteiger partial charge >= 0.3 is 0 Å². The van der Waals surface area contributed by atoms with Gasteiger partial charge in [-0.25, -0.2) is 0 Å². The van der Waals surface area contributed by atoms with Crippen molar-refractivity contribution in [3.05, 3.63) is 24.3 Å². The van der Waals surface area contributed by atoms with E-state index in [2.05, 4.69) is 34.0 Å². The lowest BCUT2D eigenvalue weighted by Gasteiger charge is -2.37. The summed E-state index contributed by atoms with van der Waals surface area (Å²) in [4.78, 5) is 16.5. The first-order valence-corrected chi connectivity index (χ1v) is 9.19. The van der Waals surface area contributed by atoms with Gasteiger partial charge in [0.05, 0.1) is 18.8 Å². The van der Waals surface area contributed by atoms with Crippen molar-refractivity contribution < 1.29 is 9.53 Å². The first-order chi connectivity index (χ1) is 12.6. The van der Waals surface area contributed by atoms with Gasteiger partial charge in [0.25, 0.3) is 0 Å². The lowest BCUT2D eigenvalue weighted by atomic mass is 10.0. The summed E-state index contributed by atoms with van der Waals surface area (Å²) >= 11 is 0. The molecular formula is C20H26N4O2. The molecule has 2 aliphatic heterocycles. The molecule has 0 aromatic heterocycles. The maximum atomic E-state index is 12.5. The lowest BCUT2D eigenvalue weighted by molar-refractivity contribution is -0.131. The van der Waals surface area contributed by atoms with Crippen LogP contribution in [0.1, 0.15) is 32.6 Å². The predicted octanol–water partition coefficient (Wildman–Crippen LogP) is 3.09. The Kier molecular flexibility index (Phi) is 5.46. The number of carbonyl (C=O) groups excluding carboxylic acids is 1. The van der Waals surface area contributed by atoms with Gasteiger partial charge in [-0.1, -0.05) is 12.1 Å². The number of terminal acetylenes is 1. The molecule has 1 amide bonds. The number of fused-ring (bicyclic) bond motifs is 1. The van der Waals surface area contributed by atoms with Gasteiger partial charge in [0.15, 0.2) is 5.66 Å². The number of carbonyl (C=O) groups is 1. The Morgan fingerprint density at radius 3 is 2.88 bits per heavy atom. The number of hydrogen-bond acceptors (Lipinski definition) is 5. The Labute approximate surface area is 155 Å². The summed E-state index contributed by atoms with van der Waals surface area (Å²) in [6, 6.07) is 8.05. The second-order valence-electron chi connectivity index (χ2n) is 6.91. The molecule has 6 nitrogen and oxygen atoms in total. The molecule has 0 spiro atoms. The van der Waals surface area contributed by atoms with Crippen LogP contribution in [0.25, 0.3) is 0 Å². The predicted molar refractivity (Wildman–Crippen MR) is 101 cm³/mol. The van der Waals surface area contributed by atoms with Crippen LogP contribution >= 0.6 is 0 Å². The first kappa shape index (κ1) is 18.2. The van der Waals surface area contributed by atoms with Crippen LogP contribution in [0.15, 0.2) is 34.5 Å².